The van der Waals surface area contributed by atoms with Gasteiger partial charge in [0.25, 0.3) is 0 Å². The third-order valence-corrected chi connectivity index (χ3v) is 10.6. The first kappa shape index (κ1) is 30.9. The van der Waals surface area contributed by atoms with Crippen molar-refractivity contribution in [2.75, 3.05) is 4.90 Å². The molecular formula is C50H36N2O. The van der Waals surface area contributed by atoms with Crippen LogP contribution in [0.5, 0.6) is 0 Å². The van der Waals surface area contributed by atoms with Gasteiger partial charge in [-0.05, 0) is 91.2 Å². The normalized spacial score (nSPS) is 11.6. The lowest BCUT2D eigenvalue weighted by molar-refractivity contribution is 0.670. The van der Waals surface area contributed by atoms with Gasteiger partial charge in [0.15, 0.2) is 0 Å². The number of nitrogens with zero attached hydrogens (tertiary/aromatic N) is 2. The first-order valence-corrected chi connectivity index (χ1v) is 18.2. The molecule has 0 aliphatic rings. The van der Waals surface area contributed by atoms with Crippen molar-refractivity contribution in [1.29, 1.82) is 0 Å². The van der Waals surface area contributed by atoms with Gasteiger partial charge in [0.2, 0.25) is 0 Å². The van der Waals surface area contributed by atoms with Crippen LogP contribution in [-0.2, 0) is 0 Å². The van der Waals surface area contributed by atoms with Gasteiger partial charge in [-0.1, -0.05) is 127 Å². The summed E-state index contributed by atoms with van der Waals surface area (Å²) in [4.78, 5) is 2.38. The number of fused-ring (bicyclic) bond motifs is 6. The van der Waals surface area contributed by atoms with E-state index in [0.29, 0.717) is 0 Å². The predicted octanol–water partition coefficient (Wildman–Crippen LogP) is 14.1. The van der Waals surface area contributed by atoms with Crippen LogP contribution in [-0.4, -0.2) is 4.57 Å². The van der Waals surface area contributed by atoms with E-state index in [1.807, 2.05) is 0 Å². The molecule has 0 radical (unpaired) electrons. The molecule has 0 saturated carbocycles. The molecule has 0 bridgehead atoms. The molecule has 8 aromatic carbocycles. The number of hydrogen-bond donors (Lipinski definition) is 0. The van der Waals surface area contributed by atoms with Crippen LogP contribution in [0.3, 0.4) is 0 Å². The summed E-state index contributed by atoms with van der Waals surface area (Å²) in [5.41, 5.74) is 15.5. The molecule has 0 aliphatic carbocycles. The number of anilines is 3. The zero-order valence-electron chi connectivity index (χ0n) is 29.6. The Bertz CT molecular complexity index is 2910. The van der Waals surface area contributed by atoms with Crippen LogP contribution in [0.2, 0.25) is 0 Å². The lowest BCUT2D eigenvalue weighted by Crippen LogP contribution is -2.11. The monoisotopic (exact) mass is 680 g/mol. The van der Waals surface area contributed by atoms with Gasteiger partial charge in [-0.2, -0.15) is 0 Å². The standard InChI is InChI=1S/C50H36N2O/c1-33-24-26-36(27-25-33)51(37-28-29-38(34(2)32-37)35-14-4-3-5-15-35)47-31-30-42(50-49(47)43-19-9-13-23-48(43)53-50)41-18-8-12-22-46(41)52-44-20-10-6-16-39(44)40-17-7-11-21-45(40)52/h3-32H,1-2H3. The van der Waals surface area contributed by atoms with Crippen LogP contribution in [0.4, 0.5) is 17.1 Å². The molecule has 0 aliphatic heterocycles. The average molecular weight is 681 g/mol. The summed E-state index contributed by atoms with van der Waals surface area (Å²) >= 11 is 0. The molecule has 0 spiro atoms. The number of rotatable bonds is 6. The number of aryl methyl sites for hydroxylation is 2. The smallest absolute Gasteiger partial charge is 0.145 e. The number of hydrogen-bond acceptors (Lipinski definition) is 2. The lowest BCUT2D eigenvalue weighted by atomic mass is 9.97. The van der Waals surface area contributed by atoms with E-state index >= 15 is 0 Å². The Hall–Kier alpha value is -6.84. The maximum absolute atomic E-state index is 6.93. The van der Waals surface area contributed by atoms with Gasteiger partial charge in [0, 0.05) is 38.7 Å². The van der Waals surface area contributed by atoms with E-state index < -0.39 is 0 Å². The fourth-order valence-corrected chi connectivity index (χ4v) is 8.14. The second-order valence-electron chi connectivity index (χ2n) is 13.9. The van der Waals surface area contributed by atoms with Crippen LogP contribution in [0.15, 0.2) is 186 Å². The minimum Gasteiger partial charge on any atom is -0.455 e. The second-order valence-corrected chi connectivity index (χ2v) is 13.9. The van der Waals surface area contributed by atoms with E-state index in [-0.39, 0.29) is 0 Å². The largest absolute Gasteiger partial charge is 0.455 e. The highest BCUT2D eigenvalue weighted by Crippen LogP contribution is 2.48. The fraction of sp³-hybridized carbons (Fsp3) is 0.0400. The van der Waals surface area contributed by atoms with Crippen LogP contribution >= 0.6 is 0 Å². The van der Waals surface area contributed by atoms with Crippen molar-refractivity contribution in [2.45, 2.75) is 13.8 Å². The first-order valence-electron chi connectivity index (χ1n) is 18.2. The van der Waals surface area contributed by atoms with Crippen molar-refractivity contribution >= 4 is 60.8 Å². The van der Waals surface area contributed by atoms with Gasteiger partial charge < -0.3 is 13.9 Å². The zero-order valence-corrected chi connectivity index (χ0v) is 29.6. The molecule has 10 aromatic rings. The minimum atomic E-state index is 0.866. The Balaban J connectivity index is 1.23. The predicted molar refractivity (Wildman–Crippen MR) is 223 cm³/mol. The highest BCUT2D eigenvalue weighted by atomic mass is 16.3. The number of para-hydroxylation sites is 4. The Morgan fingerprint density at radius 1 is 0.472 bits per heavy atom. The molecule has 2 aromatic heterocycles. The van der Waals surface area contributed by atoms with E-state index in [2.05, 4.69) is 205 Å². The third-order valence-electron chi connectivity index (χ3n) is 10.6. The summed E-state index contributed by atoms with van der Waals surface area (Å²) in [7, 11) is 0. The Labute approximate surface area is 308 Å². The summed E-state index contributed by atoms with van der Waals surface area (Å²) < 4.78 is 9.33. The minimum absolute atomic E-state index is 0.866. The second kappa shape index (κ2) is 12.4. The molecule has 53 heavy (non-hydrogen) atoms. The Kier molecular flexibility index (Phi) is 7.26. The van der Waals surface area contributed by atoms with Crippen molar-refractivity contribution < 1.29 is 4.42 Å². The molecule has 3 heteroatoms. The Morgan fingerprint density at radius 2 is 1.08 bits per heavy atom. The van der Waals surface area contributed by atoms with Gasteiger partial charge in [0.1, 0.15) is 11.2 Å². The van der Waals surface area contributed by atoms with Crippen molar-refractivity contribution in [3.05, 3.63) is 193 Å². The molecule has 0 unspecified atom stereocenters. The SMILES string of the molecule is Cc1ccc(N(c2ccc(-c3ccccc3)c(C)c2)c2ccc(-c3ccccc3-n3c4ccccc4c4ccccc43)c3oc4ccccc4c23)cc1. The van der Waals surface area contributed by atoms with Crippen LogP contribution in [0.1, 0.15) is 11.1 Å². The van der Waals surface area contributed by atoms with E-state index in [9.17, 15) is 0 Å². The fourth-order valence-electron chi connectivity index (χ4n) is 8.14. The summed E-state index contributed by atoms with van der Waals surface area (Å²) in [6.45, 7) is 4.34. The highest BCUT2D eigenvalue weighted by Gasteiger charge is 2.24. The van der Waals surface area contributed by atoms with Crippen LogP contribution < -0.4 is 4.90 Å². The van der Waals surface area contributed by atoms with Gasteiger partial charge in [0.05, 0.1) is 27.8 Å². The molecule has 0 atom stereocenters. The molecule has 0 saturated heterocycles. The van der Waals surface area contributed by atoms with E-state index in [0.717, 1.165) is 55.8 Å². The summed E-state index contributed by atoms with van der Waals surface area (Å²) in [6, 6.07) is 65.3. The van der Waals surface area contributed by atoms with E-state index in [1.165, 1.54) is 44.1 Å². The van der Waals surface area contributed by atoms with Gasteiger partial charge in [-0.3, -0.25) is 0 Å². The molecule has 0 fully saturated rings. The van der Waals surface area contributed by atoms with E-state index in [1.54, 1.807) is 0 Å². The first-order chi connectivity index (χ1) is 26.1. The molecule has 3 nitrogen and oxygen atoms in total. The van der Waals surface area contributed by atoms with Crippen molar-refractivity contribution in [1.82, 2.24) is 4.57 Å². The average Bonchev–Trinajstić information content (AvgIpc) is 3.76. The van der Waals surface area contributed by atoms with Crippen molar-refractivity contribution in [3.63, 3.8) is 0 Å². The van der Waals surface area contributed by atoms with Gasteiger partial charge in [-0.25, -0.2) is 0 Å². The summed E-state index contributed by atoms with van der Waals surface area (Å²) in [6.07, 6.45) is 0. The molecular weight excluding hydrogens is 645 g/mol. The Morgan fingerprint density at radius 3 is 1.81 bits per heavy atom. The molecule has 0 N–H and O–H groups in total. The maximum atomic E-state index is 6.93. The summed E-state index contributed by atoms with van der Waals surface area (Å²) in [5.74, 6) is 0. The maximum Gasteiger partial charge on any atom is 0.145 e. The molecule has 252 valence electrons. The van der Waals surface area contributed by atoms with Crippen molar-refractivity contribution in [2.24, 2.45) is 0 Å². The lowest BCUT2D eigenvalue weighted by Gasteiger charge is -2.27. The molecule has 2 heterocycles. The molecule has 10 rings (SSSR count). The topological polar surface area (TPSA) is 21.3 Å². The third kappa shape index (κ3) is 5.04. The number of furan rings is 1. The molecule has 0 amide bonds. The number of benzene rings is 8. The highest BCUT2D eigenvalue weighted by molar-refractivity contribution is 6.18. The van der Waals surface area contributed by atoms with E-state index in [4.69, 9.17) is 4.42 Å². The van der Waals surface area contributed by atoms with Gasteiger partial charge >= 0.3 is 0 Å². The van der Waals surface area contributed by atoms with Crippen molar-refractivity contribution in [3.8, 4) is 27.9 Å². The zero-order chi connectivity index (χ0) is 35.5. The van der Waals surface area contributed by atoms with Crippen LogP contribution in [0.25, 0.3) is 71.7 Å². The summed E-state index contributed by atoms with van der Waals surface area (Å²) in [5, 5.41) is 4.65. The quantitative estimate of drug-likeness (QED) is 0.174. The van der Waals surface area contributed by atoms with Crippen LogP contribution in [0, 0.1) is 13.8 Å². The number of aromatic nitrogens is 1. The van der Waals surface area contributed by atoms with Gasteiger partial charge in [-0.15, -0.1) is 0 Å².